The van der Waals surface area contributed by atoms with E-state index in [1.54, 1.807) is 17.9 Å². The van der Waals surface area contributed by atoms with Crippen molar-refractivity contribution in [1.29, 1.82) is 0 Å². The van der Waals surface area contributed by atoms with Crippen molar-refractivity contribution in [1.82, 2.24) is 20.4 Å². The van der Waals surface area contributed by atoms with Gasteiger partial charge in [0, 0.05) is 18.8 Å². The summed E-state index contributed by atoms with van der Waals surface area (Å²) in [5, 5.41) is 9.99. The van der Waals surface area contributed by atoms with Gasteiger partial charge in [-0.1, -0.05) is 32.9 Å². The van der Waals surface area contributed by atoms with Gasteiger partial charge in [0.05, 0.1) is 12.7 Å². The molecule has 7 heteroatoms. The summed E-state index contributed by atoms with van der Waals surface area (Å²) in [7, 11) is 3.58. The molecule has 0 aliphatic carbocycles. The normalized spacial score (nSPS) is 12.2. The second kappa shape index (κ2) is 9.59. The van der Waals surface area contributed by atoms with Crippen molar-refractivity contribution in [3.63, 3.8) is 0 Å². The number of hydrogen-bond acceptors (Lipinski definition) is 4. The SMILES string of the molecule is CNC(C(=O)NCCOc1ccc(C(C)(C)C)cc1)c1cnn(C)c1.Cl. The Balaban J connectivity index is 0.00000338. The quantitative estimate of drug-likeness (QED) is 0.724. The van der Waals surface area contributed by atoms with E-state index >= 15 is 0 Å². The van der Waals surface area contributed by atoms with Crippen molar-refractivity contribution in [2.24, 2.45) is 7.05 Å². The molecule has 1 atom stereocenters. The Hall–Kier alpha value is -2.05. The number of rotatable bonds is 7. The molecule has 6 nitrogen and oxygen atoms in total. The largest absolute Gasteiger partial charge is 0.492 e. The van der Waals surface area contributed by atoms with Crippen LogP contribution in [0.4, 0.5) is 0 Å². The highest BCUT2D eigenvalue weighted by Crippen LogP contribution is 2.24. The molecule has 0 radical (unpaired) electrons. The molecule has 1 amide bonds. The molecule has 0 saturated carbocycles. The van der Waals surface area contributed by atoms with Crippen LogP contribution in [0.3, 0.4) is 0 Å². The summed E-state index contributed by atoms with van der Waals surface area (Å²) >= 11 is 0. The first kappa shape index (κ1) is 22.0. The fourth-order valence-electron chi connectivity index (χ4n) is 2.53. The van der Waals surface area contributed by atoms with Gasteiger partial charge in [0.1, 0.15) is 18.4 Å². The zero-order chi connectivity index (χ0) is 18.4. The molecule has 0 fully saturated rings. The molecular weight excluding hydrogens is 352 g/mol. The van der Waals surface area contributed by atoms with Gasteiger partial charge in [0.25, 0.3) is 0 Å². The predicted molar refractivity (Wildman–Crippen MR) is 106 cm³/mol. The first-order valence-electron chi connectivity index (χ1n) is 8.48. The lowest BCUT2D eigenvalue weighted by atomic mass is 9.87. The van der Waals surface area contributed by atoms with Crippen molar-refractivity contribution < 1.29 is 9.53 Å². The van der Waals surface area contributed by atoms with Gasteiger partial charge in [-0.2, -0.15) is 5.10 Å². The second-order valence-electron chi connectivity index (χ2n) is 7.08. The molecule has 2 aromatic rings. The van der Waals surface area contributed by atoms with Gasteiger partial charge in [0.15, 0.2) is 0 Å². The molecule has 2 rings (SSSR count). The number of halogens is 1. The van der Waals surface area contributed by atoms with Gasteiger partial charge in [-0.05, 0) is 30.2 Å². The predicted octanol–water partition coefficient (Wildman–Crippen LogP) is 2.60. The number of hydrogen-bond donors (Lipinski definition) is 2. The third-order valence-electron chi connectivity index (χ3n) is 4.00. The van der Waals surface area contributed by atoms with E-state index in [1.165, 1.54) is 5.56 Å². The Morgan fingerprint density at radius 3 is 2.42 bits per heavy atom. The number of likely N-dealkylation sites (N-methyl/N-ethyl adjacent to an activating group) is 1. The molecule has 0 saturated heterocycles. The number of ether oxygens (including phenoxy) is 1. The summed E-state index contributed by atoms with van der Waals surface area (Å²) in [6.45, 7) is 7.40. The minimum absolute atomic E-state index is 0. The number of nitrogens with one attached hydrogen (secondary N) is 2. The topological polar surface area (TPSA) is 68.2 Å². The van der Waals surface area contributed by atoms with Gasteiger partial charge < -0.3 is 15.4 Å². The standard InChI is InChI=1S/C19H28N4O2.ClH/c1-19(2,3)15-6-8-16(9-7-15)25-11-10-21-18(24)17(20-4)14-12-22-23(5)13-14;/h6-9,12-13,17,20H,10-11H2,1-5H3,(H,21,24);1H. The molecule has 0 aliphatic heterocycles. The first-order chi connectivity index (χ1) is 11.8. The van der Waals surface area contributed by atoms with Crippen LogP contribution >= 0.6 is 12.4 Å². The summed E-state index contributed by atoms with van der Waals surface area (Å²) in [5.41, 5.74) is 2.23. The van der Waals surface area contributed by atoms with Gasteiger partial charge >= 0.3 is 0 Å². The van der Waals surface area contributed by atoms with Crippen molar-refractivity contribution in [2.75, 3.05) is 20.2 Å². The molecule has 1 aromatic heterocycles. The van der Waals surface area contributed by atoms with Crippen molar-refractivity contribution in [3.05, 3.63) is 47.8 Å². The highest BCUT2D eigenvalue weighted by Gasteiger charge is 2.19. The lowest BCUT2D eigenvalue weighted by Crippen LogP contribution is -2.37. The van der Waals surface area contributed by atoms with E-state index < -0.39 is 6.04 Å². The van der Waals surface area contributed by atoms with E-state index in [-0.39, 0.29) is 23.7 Å². The molecule has 1 unspecified atom stereocenters. The second-order valence-corrected chi connectivity index (χ2v) is 7.08. The minimum Gasteiger partial charge on any atom is -0.492 e. The van der Waals surface area contributed by atoms with E-state index in [9.17, 15) is 4.79 Å². The smallest absolute Gasteiger partial charge is 0.241 e. The third kappa shape index (κ3) is 6.04. The van der Waals surface area contributed by atoms with Crippen LogP contribution in [0.2, 0.25) is 0 Å². The summed E-state index contributed by atoms with van der Waals surface area (Å²) in [6.07, 6.45) is 3.52. The monoisotopic (exact) mass is 380 g/mol. The summed E-state index contributed by atoms with van der Waals surface area (Å²) in [6, 6.07) is 7.67. The van der Waals surface area contributed by atoms with Crippen LogP contribution in [0.5, 0.6) is 5.75 Å². The Morgan fingerprint density at radius 2 is 1.92 bits per heavy atom. The number of carbonyl (C=O) groups excluding carboxylic acids is 1. The molecule has 0 spiro atoms. The maximum absolute atomic E-state index is 12.3. The third-order valence-corrected chi connectivity index (χ3v) is 4.00. The summed E-state index contributed by atoms with van der Waals surface area (Å²) in [5.74, 6) is 0.710. The number of carbonyl (C=O) groups is 1. The Labute approximate surface area is 161 Å². The number of amides is 1. The van der Waals surface area contributed by atoms with E-state index in [2.05, 4.69) is 48.6 Å². The van der Waals surface area contributed by atoms with Crippen LogP contribution in [0.1, 0.15) is 37.9 Å². The number of aryl methyl sites for hydroxylation is 1. The molecule has 2 N–H and O–H groups in total. The van der Waals surface area contributed by atoms with Crippen LogP contribution in [0.15, 0.2) is 36.7 Å². The minimum atomic E-state index is -0.417. The highest BCUT2D eigenvalue weighted by atomic mass is 35.5. The molecular formula is C19H29ClN4O2. The summed E-state index contributed by atoms with van der Waals surface area (Å²) in [4.78, 5) is 12.3. The van der Waals surface area contributed by atoms with E-state index in [0.29, 0.717) is 13.2 Å². The maximum Gasteiger partial charge on any atom is 0.241 e. The van der Waals surface area contributed by atoms with Crippen molar-refractivity contribution in [2.45, 2.75) is 32.2 Å². The van der Waals surface area contributed by atoms with Crippen LogP contribution in [-0.2, 0) is 17.3 Å². The average Bonchev–Trinajstić information content (AvgIpc) is 2.98. The fourth-order valence-corrected chi connectivity index (χ4v) is 2.53. The van der Waals surface area contributed by atoms with Gasteiger partial charge in [0.2, 0.25) is 5.91 Å². The van der Waals surface area contributed by atoms with Crippen molar-refractivity contribution >= 4 is 18.3 Å². The van der Waals surface area contributed by atoms with Gasteiger partial charge in [-0.15, -0.1) is 12.4 Å². The number of nitrogens with zero attached hydrogens (tertiary/aromatic N) is 2. The fraction of sp³-hybridized carbons (Fsp3) is 0.474. The lowest BCUT2D eigenvalue weighted by Gasteiger charge is -2.19. The molecule has 144 valence electrons. The number of benzene rings is 1. The first-order valence-corrected chi connectivity index (χ1v) is 8.48. The van der Waals surface area contributed by atoms with Crippen LogP contribution in [0, 0.1) is 0 Å². The van der Waals surface area contributed by atoms with Gasteiger partial charge in [-0.25, -0.2) is 0 Å². The lowest BCUT2D eigenvalue weighted by molar-refractivity contribution is -0.123. The average molecular weight is 381 g/mol. The van der Waals surface area contributed by atoms with Crippen LogP contribution in [0.25, 0.3) is 0 Å². The molecule has 26 heavy (non-hydrogen) atoms. The molecule has 0 bridgehead atoms. The van der Waals surface area contributed by atoms with E-state index in [4.69, 9.17) is 4.74 Å². The molecule has 0 aliphatic rings. The molecule has 1 aromatic carbocycles. The zero-order valence-electron chi connectivity index (χ0n) is 16.1. The van der Waals surface area contributed by atoms with Gasteiger partial charge in [-0.3, -0.25) is 9.48 Å². The van der Waals surface area contributed by atoms with E-state index in [1.807, 2.05) is 25.4 Å². The highest BCUT2D eigenvalue weighted by molar-refractivity contribution is 5.85. The Kier molecular flexibility index (Phi) is 8.11. The molecule has 1 heterocycles. The van der Waals surface area contributed by atoms with Crippen LogP contribution in [-0.4, -0.2) is 35.9 Å². The Bertz CT molecular complexity index is 692. The summed E-state index contributed by atoms with van der Waals surface area (Å²) < 4.78 is 7.37. The Morgan fingerprint density at radius 1 is 1.27 bits per heavy atom. The zero-order valence-corrected chi connectivity index (χ0v) is 16.9. The number of aromatic nitrogens is 2. The van der Waals surface area contributed by atoms with Crippen molar-refractivity contribution in [3.8, 4) is 5.75 Å². The van der Waals surface area contributed by atoms with E-state index in [0.717, 1.165) is 11.3 Å². The van der Waals surface area contributed by atoms with Crippen LogP contribution < -0.4 is 15.4 Å². The maximum atomic E-state index is 12.3.